The summed E-state index contributed by atoms with van der Waals surface area (Å²) in [6.45, 7) is 0.344. The summed E-state index contributed by atoms with van der Waals surface area (Å²) in [6.07, 6.45) is -1.40. The van der Waals surface area contributed by atoms with Crippen molar-refractivity contribution in [3.63, 3.8) is 0 Å². The van der Waals surface area contributed by atoms with Crippen molar-refractivity contribution >= 4 is 34.1 Å². The number of likely N-dealkylation sites (tertiary alicyclic amines) is 2. The molecule has 1 saturated carbocycles. The third kappa shape index (κ3) is 9.44. The Kier molecular flexibility index (Phi) is 11.7. The van der Waals surface area contributed by atoms with E-state index in [0.717, 1.165) is 0 Å². The zero-order valence-electron chi connectivity index (χ0n) is 27.7. The van der Waals surface area contributed by atoms with Crippen LogP contribution in [0.5, 0.6) is 11.5 Å². The molecule has 278 valence electrons. The van der Waals surface area contributed by atoms with E-state index in [4.69, 9.17) is 15.7 Å². The van der Waals surface area contributed by atoms with Crippen molar-refractivity contribution in [2.75, 3.05) is 6.54 Å². The van der Waals surface area contributed by atoms with Gasteiger partial charge in [0.2, 0.25) is 17.7 Å². The van der Waals surface area contributed by atoms with Gasteiger partial charge in [-0.25, -0.2) is 0 Å². The zero-order valence-corrected chi connectivity index (χ0v) is 28.5. The fourth-order valence-electron chi connectivity index (χ4n) is 7.29. The third-order valence-electron chi connectivity index (χ3n) is 9.78. The molecule has 0 bridgehead atoms. The SMILES string of the molecule is N=C(N)N1CCC[C@H](NC(=O)C2CC3CCC(O)CC3N2C(=O)[C@@H](Cc2ccc(O)cc2)NC(=O)[C@H](O)Cc2ccc(OS(=O)(=O)O)cc2)C1O. The van der Waals surface area contributed by atoms with Gasteiger partial charge in [-0.1, -0.05) is 24.3 Å². The van der Waals surface area contributed by atoms with Gasteiger partial charge < -0.3 is 50.8 Å². The monoisotopic (exact) mass is 732 g/mol. The Balaban J connectivity index is 1.38. The van der Waals surface area contributed by atoms with E-state index in [9.17, 15) is 43.2 Å². The van der Waals surface area contributed by atoms with E-state index >= 15 is 0 Å². The van der Waals surface area contributed by atoms with E-state index in [0.29, 0.717) is 43.4 Å². The molecule has 17 nitrogen and oxygen atoms in total. The molecule has 2 aromatic carbocycles. The maximum Gasteiger partial charge on any atom is 0.446 e. The number of piperidine rings is 1. The van der Waals surface area contributed by atoms with Crippen LogP contribution in [-0.2, 0) is 37.6 Å². The number of aliphatic hydroxyl groups excluding tert-OH is 3. The molecule has 2 aliphatic heterocycles. The topological polar surface area (TPSA) is 276 Å². The molecule has 10 N–H and O–H groups in total. The Morgan fingerprint density at radius 2 is 1.63 bits per heavy atom. The van der Waals surface area contributed by atoms with Gasteiger partial charge in [0.25, 0.3) is 0 Å². The van der Waals surface area contributed by atoms with Crippen LogP contribution in [0, 0.1) is 11.3 Å². The van der Waals surface area contributed by atoms with Gasteiger partial charge in [-0.05, 0) is 79.8 Å². The number of aromatic hydroxyl groups is 1. The van der Waals surface area contributed by atoms with Gasteiger partial charge in [-0.3, -0.25) is 24.3 Å². The summed E-state index contributed by atoms with van der Waals surface area (Å²) in [5.74, 6) is -2.72. The molecule has 0 aromatic heterocycles. The molecule has 8 atom stereocenters. The number of amides is 3. The van der Waals surface area contributed by atoms with E-state index in [1.165, 1.54) is 46.2 Å². The number of fused-ring (bicyclic) bond motifs is 1. The van der Waals surface area contributed by atoms with Crippen molar-refractivity contribution in [2.24, 2.45) is 11.7 Å². The summed E-state index contributed by atoms with van der Waals surface area (Å²) in [5.41, 5.74) is 6.59. The largest absolute Gasteiger partial charge is 0.508 e. The van der Waals surface area contributed by atoms with Crippen molar-refractivity contribution in [1.29, 1.82) is 5.41 Å². The highest BCUT2D eigenvalue weighted by atomic mass is 32.3. The molecule has 18 heteroatoms. The lowest BCUT2D eigenvalue weighted by Gasteiger charge is -2.40. The zero-order chi connectivity index (χ0) is 37.0. The highest BCUT2D eigenvalue weighted by Gasteiger charge is 2.51. The Hall–Kier alpha value is -4.49. The molecule has 3 amide bonds. The van der Waals surface area contributed by atoms with Gasteiger partial charge in [0, 0.05) is 25.4 Å². The molecule has 0 spiro atoms. The number of phenols is 1. The predicted octanol–water partition coefficient (Wildman–Crippen LogP) is -0.872. The number of hydrogen-bond acceptors (Lipinski definition) is 11. The first-order valence-electron chi connectivity index (χ1n) is 16.7. The predicted molar refractivity (Wildman–Crippen MR) is 180 cm³/mol. The smallest absolute Gasteiger partial charge is 0.446 e. The molecule has 3 fully saturated rings. The highest BCUT2D eigenvalue weighted by molar-refractivity contribution is 7.81. The van der Waals surface area contributed by atoms with Crippen LogP contribution in [-0.4, -0.2) is 116 Å². The van der Waals surface area contributed by atoms with Crippen LogP contribution in [0.3, 0.4) is 0 Å². The lowest BCUT2D eigenvalue weighted by Crippen LogP contribution is -2.62. The lowest BCUT2D eigenvalue weighted by molar-refractivity contribution is -0.146. The minimum Gasteiger partial charge on any atom is -0.508 e. The second-order valence-corrected chi connectivity index (χ2v) is 14.4. The van der Waals surface area contributed by atoms with Crippen molar-refractivity contribution in [2.45, 2.75) is 94.0 Å². The van der Waals surface area contributed by atoms with Crippen molar-refractivity contribution in [1.82, 2.24) is 20.4 Å². The molecule has 2 aromatic rings. The van der Waals surface area contributed by atoms with Crippen LogP contribution in [0.25, 0.3) is 0 Å². The minimum absolute atomic E-state index is 0.0161. The maximum atomic E-state index is 14.6. The summed E-state index contributed by atoms with van der Waals surface area (Å²) in [7, 11) is -4.75. The summed E-state index contributed by atoms with van der Waals surface area (Å²) < 4.78 is 35.2. The second-order valence-electron chi connectivity index (χ2n) is 13.3. The number of phenolic OH excluding ortho intramolecular Hbond substituents is 1. The molecule has 2 heterocycles. The highest BCUT2D eigenvalue weighted by Crippen LogP contribution is 2.40. The van der Waals surface area contributed by atoms with E-state index < -0.39 is 70.7 Å². The van der Waals surface area contributed by atoms with Gasteiger partial charge >= 0.3 is 10.4 Å². The average molecular weight is 733 g/mol. The quantitative estimate of drug-likeness (QED) is 0.0773. The van der Waals surface area contributed by atoms with Gasteiger partial charge in [0.05, 0.1) is 12.1 Å². The van der Waals surface area contributed by atoms with Crippen LogP contribution in [0.1, 0.15) is 49.7 Å². The van der Waals surface area contributed by atoms with Crippen molar-refractivity contribution < 1.29 is 52.0 Å². The molecule has 3 aliphatic rings. The van der Waals surface area contributed by atoms with Crippen LogP contribution in [0.4, 0.5) is 0 Å². The number of carbonyl (C=O) groups is 3. The standard InChI is InChI=1S/C33H44N6O11S/c34-33(35)38-13-1-2-24(31(38)45)36-29(43)27-16-20-7-10-22(41)17-26(20)39(27)32(46)25(14-18-3-8-21(40)9-4-18)37-30(44)28(42)15-19-5-11-23(12-6-19)50-51(47,48)49/h3-6,8-9,11-12,20,22,24-28,31,40-42,45H,1-2,7,10,13-17H2,(H3,34,35)(H,36,43)(H,37,44)(H,47,48,49)/t20?,22?,24-,25+,26?,27?,28+,31?/m0/s1. The number of hydrogen-bond donors (Lipinski definition) is 9. The molecule has 5 unspecified atom stereocenters. The van der Waals surface area contributed by atoms with Crippen molar-refractivity contribution in [3.05, 3.63) is 59.7 Å². The first-order valence-corrected chi connectivity index (χ1v) is 18.1. The molecule has 1 aliphatic carbocycles. The Morgan fingerprint density at radius 3 is 2.27 bits per heavy atom. The molecule has 51 heavy (non-hydrogen) atoms. The molecule has 2 saturated heterocycles. The molecular weight excluding hydrogens is 688 g/mol. The van der Waals surface area contributed by atoms with E-state index in [1.807, 2.05) is 0 Å². The van der Waals surface area contributed by atoms with Crippen LogP contribution in [0.15, 0.2) is 48.5 Å². The first kappa shape index (κ1) is 37.8. The fraction of sp³-hybridized carbons (Fsp3) is 0.515. The number of nitrogens with two attached hydrogens (primary N) is 1. The normalized spacial score (nSPS) is 26.0. The van der Waals surface area contributed by atoms with E-state index in [1.54, 1.807) is 12.1 Å². The Morgan fingerprint density at radius 1 is 0.980 bits per heavy atom. The Labute approximate surface area is 294 Å². The van der Waals surface area contributed by atoms with Crippen molar-refractivity contribution in [3.8, 4) is 11.5 Å². The van der Waals surface area contributed by atoms with Crippen LogP contribution < -0.4 is 20.6 Å². The molecular formula is C33H44N6O11S. The number of nitrogens with zero attached hydrogens (tertiary/aromatic N) is 2. The number of aliphatic hydroxyl groups is 3. The number of guanidine groups is 1. The fourth-order valence-corrected chi connectivity index (χ4v) is 7.64. The average Bonchev–Trinajstić information content (AvgIpc) is 3.44. The molecule has 0 radical (unpaired) electrons. The number of benzene rings is 2. The lowest BCUT2D eigenvalue weighted by atomic mass is 9.83. The van der Waals surface area contributed by atoms with Crippen LogP contribution in [0.2, 0.25) is 0 Å². The van der Waals surface area contributed by atoms with Crippen LogP contribution >= 0.6 is 0 Å². The summed E-state index contributed by atoms with van der Waals surface area (Å²) in [5, 5.41) is 55.4. The second kappa shape index (κ2) is 15.8. The Bertz CT molecular complexity index is 1690. The number of rotatable bonds is 11. The number of carbonyl (C=O) groups excluding carboxylic acids is 3. The summed E-state index contributed by atoms with van der Waals surface area (Å²) in [6, 6.07) is 7.60. The van der Waals surface area contributed by atoms with Gasteiger partial charge in [-0.15, -0.1) is 0 Å². The van der Waals surface area contributed by atoms with Gasteiger partial charge in [0.1, 0.15) is 35.9 Å². The minimum atomic E-state index is -4.75. The first-order chi connectivity index (χ1) is 24.1. The van der Waals surface area contributed by atoms with E-state index in [-0.39, 0.29) is 49.1 Å². The maximum absolute atomic E-state index is 14.6. The van der Waals surface area contributed by atoms with Gasteiger partial charge in [-0.2, -0.15) is 8.42 Å². The summed E-state index contributed by atoms with van der Waals surface area (Å²) >= 11 is 0. The number of nitrogens with one attached hydrogen (secondary N) is 3. The third-order valence-corrected chi connectivity index (χ3v) is 10.2. The summed E-state index contributed by atoms with van der Waals surface area (Å²) in [4.78, 5) is 44.6. The van der Waals surface area contributed by atoms with E-state index in [2.05, 4.69) is 14.8 Å². The van der Waals surface area contributed by atoms with Gasteiger partial charge in [0.15, 0.2) is 5.96 Å². The molecule has 5 rings (SSSR count).